The van der Waals surface area contributed by atoms with Gasteiger partial charge in [-0.05, 0) is 56.1 Å². The van der Waals surface area contributed by atoms with Gasteiger partial charge >= 0.3 is 0 Å². The van der Waals surface area contributed by atoms with E-state index in [0.29, 0.717) is 38.9 Å². The van der Waals surface area contributed by atoms with Crippen molar-refractivity contribution in [3.8, 4) is 11.5 Å². The van der Waals surface area contributed by atoms with E-state index in [4.69, 9.17) is 4.74 Å². The van der Waals surface area contributed by atoms with Gasteiger partial charge in [0.15, 0.2) is 5.69 Å². The average molecular weight is 399 g/mol. The number of methoxy groups -OCH3 is 1. The summed E-state index contributed by atoms with van der Waals surface area (Å²) < 4.78 is 5.19. The average Bonchev–Trinajstić information content (AvgIpc) is 2.90. The summed E-state index contributed by atoms with van der Waals surface area (Å²) in [6, 6.07) is 11.0. The number of nitrogens with zero attached hydrogens (tertiary/aromatic N) is 3. The Morgan fingerprint density at radius 1 is 1.24 bits per heavy atom. The molecule has 2 aromatic rings. The molecule has 1 unspecified atom stereocenters. The molecule has 2 N–H and O–H groups in total. The van der Waals surface area contributed by atoms with Crippen LogP contribution in [0.1, 0.15) is 35.3 Å². The number of likely N-dealkylation sites (N-methyl/N-ethyl adjacent to an activating group) is 1. The number of aliphatic hydroxyl groups is 1. The van der Waals surface area contributed by atoms with Crippen LogP contribution in [-0.4, -0.2) is 70.3 Å². The van der Waals surface area contributed by atoms with Gasteiger partial charge in [-0.1, -0.05) is 12.1 Å². The van der Waals surface area contributed by atoms with Crippen LogP contribution in [0.2, 0.25) is 0 Å². The molecule has 7 nitrogen and oxygen atoms in total. The third kappa shape index (κ3) is 5.46. The first kappa shape index (κ1) is 21.1. The lowest BCUT2D eigenvalue weighted by atomic mass is 9.94. The maximum absolute atomic E-state index is 12.7. The highest BCUT2D eigenvalue weighted by molar-refractivity contribution is 5.94. The van der Waals surface area contributed by atoms with Crippen LogP contribution < -0.4 is 4.74 Å². The quantitative estimate of drug-likeness (QED) is 0.775. The van der Waals surface area contributed by atoms with Crippen LogP contribution in [0.15, 0.2) is 42.6 Å². The van der Waals surface area contributed by atoms with Crippen molar-refractivity contribution in [2.75, 3.05) is 33.8 Å². The zero-order valence-corrected chi connectivity index (χ0v) is 17.0. The van der Waals surface area contributed by atoms with E-state index in [1.54, 1.807) is 18.1 Å². The fraction of sp³-hybridized carbons (Fsp3) is 0.455. The van der Waals surface area contributed by atoms with Gasteiger partial charge in [-0.25, -0.2) is 4.98 Å². The van der Waals surface area contributed by atoms with Crippen molar-refractivity contribution in [3.05, 3.63) is 53.9 Å². The molecule has 2 heterocycles. The molecule has 3 rings (SSSR count). The lowest BCUT2D eigenvalue weighted by Gasteiger charge is -2.31. The van der Waals surface area contributed by atoms with Crippen molar-refractivity contribution < 1.29 is 19.7 Å². The number of aromatic hydroxyl groups is 1. The highest BCUT2D eigenvalue weighted by atomic mass is 16.5. The minimum absolute atomic E-state index is 0.0644. The number of pyridine rings is 1. The van der Waals surface area contributed by atoms with Crippen LogP contribution in [0, 0.1) is 0 Å². The number of aromatic nitrogens is 1. The SMILES string of the molecule is COc1ccc(CN(C)CC2(O)CCCN(C(=O)c3ncccc3O)CC2)cc1. The number of benzene rings is 1. The number of likely N-dealkylation sites (tertiary alicyclic amines) is 1. The first-order valence-electron chi connectivity index (χ1n) is 9.87. The maximum atomic E-state index is 12.7. The molecular weight excluding hydrogens is 370 g/mol. The molecule has 1 aromatic carbocycles. The number of ether oxygens (including phenoxy) is 1. The van der Waals surface area contributed by atoms with E-state index in [9.17, 15) is 15.0 Å². The summed E-state index contributed by atoms with van der Waals surface area (Å²) in [6.07, 6.45) is 3.30. The first-order chi connectivity index (χ1) is 13.9. The van der Waals surface area contributed by atoms with Gasteiger partial charge in [-0.3, -0.25) is 9.69 Å². The molecular formula is C22H29N3O4. The molecule has 29 heavy (non-hydrogen) atoms. The second-order valence-corrected chi connectivity index (χ2v) is 7.76. The highest BCUT2D eigenvalue weighted by Gasteiger charge is 2.33. The molecule has 0 radical (unpaired) electrons. The van der Waals surface area contributed by atoms with E-state index in [1.165, 1.54) is 12.3 Å². The zero-order valence-electron chi connectivity index (χ0n) is 17.0. The molecule has 1 atom stereocenters. The third-order valence-electron chi connectivity index (χ3n) is 5.37. The minimum Gasteiger partial charge on any atom is -0.505 e. The molecule has 1 amide bonds. The Morgan fingerprint density at radius 3 is 2.69 bits per heavy atom. The molecule has 0 saturated carbocycles. The fourth-order valence-corrected chi connectivity index (χ4v) is 3.85. The van der Waals surface area contributed by atoms with Gasteiger partial charge in [0.1, 0.15) is 11.5 Å². The molecule has 1 saturated heterocycles. The number of amides is 1. The summed E-state index contributed by atoms with van der Waals surface area (Å²) in [7, 11) is 3.63. The molecule has 1 aliphatic rings. The van der Waals surface area contributed by atoms with Crippen LogP contribution in [0.5, 0.6) is 11.5 Å². The lowest BCUT2D eigenvalue weighted by molar-refractivity contribution is -0.00402. The fourth-order valence-electron chi connectivity index (χ4n) is 3.85. The van der Waals surface area contributed by atoms with Gasteiger partial charge in [0.05, 0.1) is 12.7 Å². The molecule has 0 aliphatic carbocycles. The van der Waals surface area contributed by atoms with Gasteiger partial charge in [-0.2, -0.15) is 0 Å². The zero-order chi connectivity index (χ0) is 20.9. The molecule has 0 spiro atoms. The second kappa shape index (κ2) is 9.24. The third-order valence-corrected chi connectivity index (χ3v) is 5.37. The van der Waals surface area contributed by atoms with Crippen molar-refractivity contribution in [3.63, 3.8) is 0 Å². The van der Waals surface area contributed by atoms with E-state index in [-0.39, 0.29) is 17.4 Å². The molecule has 1 fully saturated rings. The van der Waals surface area contributed by atoms with Crippen LogP contribution in [-0.2, 0) is 6.54 Å². The second-order valence-electron chi connectivity index (χ2n) is 7.76. The predicted octanol–water partition coefficient (Wildman–Crippen LogP) is 2.29. The summed E-state index contributed by atoms with van der Waals surface area (Å²) >= 11 is 0. The van der Waals surface area contributed by atoms with E-state index in [1.807, 2.05) is 31.3 Å². The van der Waals surface area contributed by atoms with Gasteiger partial charge in [0, 0.05) is 32.4 Å². The van der Waals surface area contributed by atoms with Gasteiger partial charge in [0.2, 0.25) is 0 Å². The Bertz CT molecular complexity index is 827. The first-order valence-corrected chi connectivity index (χ1v) is 9.87. The van der Waals surface area contributed by atoms with Gasteiger partial charge in [-0.15, -0.1) is 0 Å². The van der Waals surface area contributed by atoms with Crippen LogP contribution in [0.3, 0.4) is 0 Å². The van der Waals surface area contributed by atoms with Crippen LogP contribution in [0.4, 0.5) is 0 Å². The van der Waals surface area contributed by atoms with E-state index >= 15 is 0 Å². The number of hydrogen-bond donors (Lipinski definition) is 2. The molecule has 1 aromatic heterocycles. The molecule has 7 heteroatoms. The standard InChI is InChI=1S/C22H29N3O4/c1-24(15-17-6-8-18(29-2)9-7-17)16-22(28)10-4-13-25(14-11-22)21(27)20-19(26)5-3-12-23-20/h3,5-9,12,26,28H,4,10-11,13-16H2,1-2H3. The maximum Gasteiger partial charge on any atom is 0.276 e. The minimum atomic E-state index is -0.859. The van der Waals surface area contributed by atoms with Crippen molar-refractivity contribution in [2.24, 2.45) is 0 Å². The number of hydrogen-bond acceptors (Lipinski definition) is 6. The summed E-state index contributed by atoms with van der Waals surface area (Å²) in [5.74, 6) is 0.415. The van der Waals surface area contributed by atoms with Crippen LogP contribution >= 0.6 is 0 Å². The van der Waals surface area contributed by atoms with Gasteiger partial charge < -0.3 is 19.8 Å². The summed E-state index contributed by atoms with van der Waals surface area (Å²) in [6.45, 7) is 2.22. The number of carbonyl (C=O) groups is 1. The smallest absolute Gasteiger partial charge is 0.276 e. The Hall–Kier alpha value is -2.64. The number of rotatable bonds is 6. The molecule has 0 bridgehead atoms. The van der Waals surface area contributed by atoms with Crippen molar-refractivity contribution in [1.29, 1.82) is 0 Å². The summed E-state index contributed by atoms with van der Waals surface area (Å²) in [5, 5.41) is 21.0. The lowest BCUT2D eigenvalue weighted by Crippen LogP contribution is -2.42. The Labute approximate surface area is 171 Å². The summed E-state index contributed by atoms with van der Waals surface area (Å²) in [5.41, 5.74) is 0.352. The van der Waals surface area contributed by atoms with Crippen LogP contribution in [0.25, 0.3) is 0 Å². The monoisotopic (exact) mass is 399 g/mol. The van der Waals surface area contributed by atoms with E-state index < -0.39 is 5.60 Å². The molecule has 156 valence electrons. The summed E-state index contributed by atoms with van der Waals surface area (Å²) in [4.78, 5) is 20.5. The normalized spacial score (nSPS) is 19.8. The van der Waals surface area contributed by atoms with Gasteiger partial charge in [0.25, 0.3) is 5.91 Å². The largest absolute Gasteiger partial charge is 0.505 e. The molecule has 1 aliphatic heterocycles. The van der Waals surface area contributed by atoms with Crippen molar-refractivity contribution in [2.45, 2.75) is 31.4 Å². The Balaban J connectivity index is 1.58. The van der Waals surface area contributed by atoms with E-state index in [0.717, 1.165) is 17.9 Å². The number of carbonyl (C=O) groups excluding carboxylic acids is 1. The highest BCUT2D eigenvalue weighted by Crippen LogP contribution is 2.26. The topological polar surface area (TPSA) is 86.1 Å². The Kier molecular flexibility index (Phi) is 6.71. The van der Waals surface area contributed by atoms with E-state index in [2.05, 4.69) is 9.88 Å². The van der Waals surface area contributed by atoms with Crippen molar-refractivity contribution in [1.82, 2.24) is 14.8 Å². The predicted molar refractivity (Wildman–Crippen MR) is 110 cm³/mol. The van der Waals surface area contributed by atoms with Crippen molar-refractivity contribution >= 4 is 5.91 Å². The Morgan fingerprint density at radius 2 is 2.00 bits per heavy atom.